The lowest BCUT2D eigenvalue weighted by Gasteiger charge is -2.13. The van der Waals surface area contributed by atoms with E-state index >= 15 is 0 Å². The van der Waals surface area contributed by atoms with Gasteiger partial charge in [-0.3, -0.25) is 9.52 Å². The van der Waals surface area contributed by atoms with E-state index in [-0.39, 0.29) is 16.1 Å². The van der Waals surface area contributed by atoms with Crippen molar-refractivity contribution in [1.29, 1.82) is 0 Å². The van der Waals surface area contributed by atoms with Gasteiger partial charge in [0, 0.05) is 5.69 Å². The van der Waals surface area contributed by atoms with Crippen molar-refractivity contribution in [2.75, 3.05) is 17.1 Å². The maximum atomic E-state index is 13.1. The van der Waals surface area contributed by atoms with Crippen molar-refractivity contribution in [3.8, 4) is 5.75 Å². The lowest BCUT2D eigenvalue weighted by molar-refractivity contribution is 0.102. The third kappa shape index (κ3) is 4.85. The molecule has 29 heavy (non-hydrogen) atoms. The number of ether oxygens (including phenoxy) is 1. The Morgan fingerprint density at radius 3 is 2.38 bits per heavy atom. The van der Waals surface area contributed by atoms with Gasteiger partial charge in [-0.05, 0) is 54.6 Å². The van der Waals surface area contributed by atoms with Crippen LogP contribution in [0.25, 0.3) is 0 Å². The first kappa shape index (κ1) is 20.6. The molecule has 9 heteroatoms. The molecule has 2 N–H and O–H groups in total. The molecule has 0 saturated heterocycles. The van der Waals surface area contributed by atoms with Gasteiger partial charge in [0.05, 0.1) is 28.3 Å². The lowest BCUT2D eigenvalue weighted by atomic mass is 10.1. The van der Waals surface area contributed by atoms with Crippen LogP contribution in [0.4, 0.5) is 15.8 Å². The van der Waals surface area contributed by atoms with Crippen LogP contribution in [0.3, 0.4) is 0 Å². The molecule has 0 fully saturated rings. The van der Waals surface area contributed by atoms with Crippen molar-refractivity contribution in [3.05, 3.63) is 83.1 Å². The van der Waals surface area contributed by atoms with Crippen molar-refractivity contribution < 1.29 is 22.3 Å². The molecule has 3 aromatic rings. The lowest BCUT2D eigenvalue weighted by Crippen LogP contribution is -2.18. The van der Waals surface area contributed by atoms with Gasteiger partial charge in [-0.1, -0.05) is 23.7 Å². The fraction of sp³-hybridized carbons (Fsp3) is 0.0500. The summed E-state index contributed by atoms with van der Waals surface area (Å²) in [5, 5.41) is 2.98. The zero-order chi connectivity index (χ0) is 21.0. The highest BCUT2D eigenvalue weighted by molar-refractivity contribution is 7.92. The smallest absolute Gasteiger partial charge is 0.261 e. The minimum atomic E-state index is -4.01. The van der Waals surface area contributed by atoms with Gasteiger partial charge in [0.2, 0.25) is 0 Å². The zero-order valence-corrected chi connectivity index (χ0v) is 16.7. The van der Waals surface area contributed by atoms with Gasteiger partial charge >= 0.3 is 0 Å². The summed E-state index contributed by atoms with van der Waals surface area (Å²) in [5.74, 6) is -0.636. The number of benzene rings is 3. The number of hydrogen-bond donors (Lipinski definition) is 2. The summed E-state index contributed by atoms with van der Waals surface area (Å²) in [7, 11) is -2.53. The number of anilines is 2. The second-order valence-electron chi connectivity index (χ2n) is 5.91. The largest absolute Gasteiger partial charge is 0.495 e. The monoisotopic (exact) mass is 434 g/mol. The fourth-order valence-corrected chi connectivity index (χ4v) is 3.87. The fourth-order valence-electron chi connectivity index (χ4n) is 2.53. The summed E-state index contributed by atoms with van der Waals surface area (Å²) in [6.07, 6.45) is 0. The SMILES string of the molecule is COc1ccc(NC(=O)c2ccccc2NS(=O)(=O)c2ccc(F)cc2)cc1Cl. The summed E-state index contributed by atoms with van der Waals surface area (Å²) < 4.78 is 45.6. The summed E-state index contributed by atoms with van der Waals surface area (Å²) in [6.45, 7) is 0. The molecular weight excluding hydrogens is 419 g/mol. The zero-order valence-electron chi connectivity index (χ0n) is 15.1. The van der Waals surface area contributed by atoms with E-state index in [0.717, 1.165) is 24.3 Å². The molecule has 3 aromatic carbocycles. The van der Waals surface area contributed by atoms with Crippen LogP contribution in [0.15, 0.2) is 71.6 Å². The predicted octanol–water partition coefficient (Wildman–Crippen LogP) is 4.54. The third-order valence-corrected chi connectivity index (χ3v) is 5.63. The number of para-hydroxylation sites is 1. The molecular formula is C20H16ClFN2O4S. The van der Waals surface area contributed by atoms with Gasteiger partial charge in [-0.15, -0.1) is 0 Å². The standard InChI is InChI=1S/C20H16ClFN2O4S/c1-28-19-11-8-14(12-17(19)21)23-20(25)16-4-2-3-5-18(16)24-29(26,27)15-9-6-13(22)7-10-15/h2-12,24H,1H3,(H,23,25). The number of carbonyl (C=O) groups is 1. The van der Waals surface area contributed by atoms with Crippen molar-refractivity contribution in [1.82, 2.24) is 0 Å². The molecule has 0 saturated carbocycles. The first-order valence-electron chi connectivity index (χ1n) is 8.32. The van der Waals surface area contributed by atoms with Crippen LogP contribution in [0.2, 0.25) is 5.02 Å². The second-order valence-corrected chi connectivity index (χ2v) is 8.00. The Labute approximate surface area is 172 Å². The number of amides is 1. The minimum Gasteiger partial charge on any atom is -0.495 e. The first-order chi connectivity index (χ1) is 13.8. The summed E-state index contributed by atoms with van der Waals surface area (Å²) in [5.41, 5.74) is 0.594. The Morgan fingerprint density at radius 1 is 1.03 bits per heavy atom. The minimum absolute atomic E-state index is 0.0777. The number of rotatable bonds is 6. The summed E-state index contributed by atoms with van der Waals surface area (Å²) in [6, 6.07) is 15.2. The molecule has 1 amide bonds. The number of halogens is 2. The van der Waals surface area contributed by atoms with Crippen LogP contribution >= 0.6 is 11.6 Å². The van der Waals surface area contributed by atoms with Crippen LogP contribution in [0, 0.1) is 5.82 Å². The van der Waals surface area contributed by atoms with Gasteiger partial charge in [-0.2, -0.15) is 0 Å². The molecule has 0 aromatic heterocycles. The van der Waals surface area contributed by atoms with Crippen LogP contribution in [-0.4, -0.2) is 21.4 Å². The van der Waals surface area contributed by atoms with Crippen LogP contribution in [0.5, 0.6) is 5.75 Å². The molecule has 3 rings (SSSR count). The number of hydrogen-bond acceptors (Lipinski definition) is 4. The Kier molecular flexibility index (Phi) is 6.05. The molecule has 0 radical (unpaired) electrons. The summed E-state index contributed by atoms with van der Waals surface area (Å²) >= 11 is 6.06. The Morgan fingerprint density at radius 2 is 1.72 bits per heavy atom. The van der Waals surface area contributed by atoms with Gasteiger partial charge in [0.15, 0.2) is 0 Å². The van der Waals surface area contributed by atoms with E-state index in [4.69, 9.17) is 16.3 Å². The third-order valence-electron chi connectivity index (χ3n) is 3.95. The van der Waals surface area contributed by atoms with Gasteiger partial charge in [0.25, 0.3) is 15.9 Å². The molecule has 0 bridgehead atoms. The quantitative estimate of drug-likeness (QED) is 0.596. The average molecular weight is 435 g/mol. The highest BCUT2D eigenvalue weighted by atomic mass is 35.5. The van der Waals surface area contributed by atoms with Crippen LogP contribution in [0.1, 0.15) is 10.4 Å². The molecule has 0 unspecified atom stereocenters. The van der Waals surface area contributed by atoms with Gasteiger partial charge < -0.3 is 10.1 Å². The highest BCUT2D eigenvalue weighted by Gasteiger charge is 2.19. The first-order valence-corrected chi connectivity index (χ1v) is 10.2. The molecule has 0 aliphatic heterocycles. The van der Waals surface area contributed by atoms with Crippen molar-refractivity contribution in [2.24, 2.45) is 0 Å². The molecule has 0 aliphatic carbocycles. The van der Waals surface area contributed by atoms with E-state index in [1.807, 2.05) is 0 Å². The summed E-state index contributed by atoms with van der Waals surface area (Å²) in [4.78, 5) is 12.6. The van der Waals surface area contributed by atoms with Crippen LogP contribution < -0.4 is 14.8 Å². The Bertz CT molecular complexity index is 1150. The molecule has 0 atom stereocenters. The maximum Gasteiger partial charge on any atom is 0.261 e. The number of sulfonamides is 1. The molecule has 150 valence electrons. The van der Waals surface area contributed by atoms with Gasteiger partial charge in [-0.25, -0.2) is 12.8 Å². The number of methoxy groups -OCH3 is 1. The normalized spacial score (nSPS) is 11.0. The van der Waals surface area contributed by atoms with E-state index in [2.05, 4.69) is 10.0 Å². The number of nitrogens with one attached hydrogen (secondary N) is 2. The average Bonchev–Trinajstić information content (AvgIpc) is 2.68. The van der Waals surface area contributed by atoms with Crippen molar-refractivity contribution in [3.63, 3.8) is 0 Å². The van der Waals surface area contributed by atoms with Gasteiger partial charge in [0.1, 0.15) is 11.6 Å². The van der Waals surface area contributed by atoms with E-state index in [1.165, 1.54) is 25.3 Å². The van der Waals surface area contributed by atoms with E-state index in [9.17, 15) is 17.6 Å². The Hall–Kier alpha value is -3.10. The van der Waals surface area contributed by atoms with E-state index in [0.29, 0.717) is 16.5 Å². The highest BCUT2D eigenvalue weighted by Crippen LogP contribution is 2.28. The van der Waals surface area contributed by atoms with E-state index in [1.54, 1.807) is 24.3 Å². The molecule has 6 nitrogen and oxygen atoms in total. The molecule has 0 spiro atoms. The van der Waals surface area contributed by atoms with Crippen molar-refractivity contribution in [2.45, 2.75) is 4.90 Å². The van der Waals surface area contributed by atoms with Crippen molar-refractivity contribution >= 4 is 38.9 Å². The van der Waals surface area contributed by atoms with Crippen LogP contribution in [-0.2, 0) is 10.0 Å². The predicted molar refractivity (Wildman–Crippen MR) is 110 cm³/mol. The number of carbonyl (C=O) groups excluding carboxylic acids is 1. The maximum absolute atomic E-state index is 13.1. The molecule has 0 heterocycles. The van der Waals surface area contributed by atoms with E-state index < -0.39 is 21.7 Å². The molecule has 0 aliphatic rings. The topological polar surface area (TPSA) is 84.5 Å². The Balaban J connectivity index is 1.85. The second kappa shape index (κ2) is 8.50.